The molecule has 1 N–H and O–H groups in total. The minimum atomic E-state index is 0.989. The van der Waals surface area contributed by atoms with Crippen molar-refractivity contribution in [3.63, 3.8) is 0 Å². The summed E-state index contributed by atoms with van der Waals surface area (Å²) in [5, 5.41) is 3.28. The third-order valence-corrected chi connectivity index (χ3v) is 2.11. The molecule has 0 bridgehead atoms. The van der Waals surface area contributed by atoms with Crippen LogP contribution in [0.15, 0.2) is 48.7 Å². The summed E-state index contributed by atoms with van der Waals surface area (Å²) in [6.07, 6.45) is 11.3. The molecule has 0 saturated heterocycles. The van der Waals surface area contributed by atoms with E-state index in [0.29, 0.717) is 0 Å². The molecule has 0 aromatic heterocycles. The molecule has 0 aliphatic carbocycles. The molecule has 0 rings (SSSR count). The van der Waals surface area contributed by atoms with Crippen molar-refractivity contribution in [3.05, 3.63) is 48.7 Å². The average molecular weight is 205 g/mol. The molecule has 0 spiro atoms. The van der Waals surface area contributed by atoms with Gasteiger partial charge in [-0.1, -0.05) is 50.0 Å². The lowest BCUT2D eigenvalue weighted by Crippen LogP contribution is -2.13. The Morgan fingerprint density at radius 1 is 1.27 bits per heavy atom. The Kier molecular flexibility index (Phi) is 8.55. The summed E-state index contributed by atoms with van der Waals surface area (Å²) in [4.78, 5) is 0. The molecule has 1 nitrogen and oxygen atoms in total. The van der Waals surface area contributed by atoms with Crippen molar-refractivity contribution in [2.24, 2.45) is 0 Å². The van der Waals surface area contributed by atoms with Gasteiger partial charge in [0.1, 0.15) is 0 Å². The van der Waals surface area contributed by atoms with Crippen molar-refractivity contribution in [2.45, 2.75) is 33.1 Å². The molecule has 84 valence electrons. The van der Waals surface area contributed by atoms with E-state index in [9.17, 15) is 0 Å². The highest BCUT2D eigenvalue weighted by Crippen LogP contribution is 2.03. The highest BCUT2D eigenvalue weighted by Gasteiger charge is 1.91. The summed E-state index contributed by atoms with van der Waals surface area (Å²) in [5.41, 5.74) is 2.29. The first kappa shape index (κ1) is 13.8. The molecule has 0 aliphatic rings. The second kappa shape index (κ2) is 9.32. The van der Waals surface area contributed by atoms with Crippen molar-refractivity contribution >= 4 is 0 Å². The van der Waals surface area contributed by atoms with E-state index in [2.05, 4.69) is 31.5 Å². The molecular weight excluding hydrogens is 182 g/mol. The van der Waals surface area contributed by atoms with Gasteiger partial charge in [-0.15, -0.1) is 0 Å². The van der Waals surface area contributed by atoms with Gasteiger partial charge in [-0.05, 0) is 26.2 Å². The predicted molar refractivity (Wildman–Crippen MR) is 69.8 cm³/mol. The molecule has 0 atom stereocenters. The molecular formula is C14H23N. The Bertz CT molecular complexity index is 246. The maximum Gasteiger partial charge on any atom is 0.0146 e. The highest BCUT2D eigenvalue weighted by molar-refractivity contribution is 5.18. The van der Waals surface area contributed by atoms with Crippen LogP contribution >= 0.6 is 0 Å². The standard InChI is InChI=1S/C14H23N/c1-5-7-8-10-13(3)11-9-12-15-14(4)6-2/h5,7-8,10,15H,3-4,6,9,11-12H2,1-2H3/b7-5-,10-8-. The molecule has 0 unspecified atom stereocenters. The first-order valence-corrected chi connectivity index (χ1v) is 5.59. The first-order valence-electron chi connectivity index (χ1n) is 5.59. The predicted octanol–water partition coefficient (Wildman–Crippen LogP) is 3.97. The number of nitrogens with one attached hydrogen (secondary N) is 1. The highest BCUT2D eigenvalue weighted by atomic mass is 14.9. The van der Waals surface area contributed by atoms with Gasteiger partial charge in [0.15, 0.2) is 0 Å². The van der Waals surface area contributed by atoms with Gasteiger partial charge in [0.2, 0.25) is 0 Å². The molecule has 1 heteroatoms. The lowest BCUT2D eigenvalue weighted by Gasteiger charge is -2.06. The smallest absolute Gasteiger partial charge is 0.0146 e. The largest absolute Gasteiger partial charge is 0.389 e. The van der Waals surface area contributed by atoms with Gasteiger partial charge in [0, 0.05) is 12.2 Å². The van der Waals surface area contributed by atoms with E-state index < -0.39 is 0 Å². The van der Waals surface area contributed by atoms with Crippen molar-refractivity contribution in [1.29, 1.82) is 0 Å². The zero-order chi connectivity index (χ0) is 11.5. The second-order valence-electron chi connectivity index (χ2n) is 3.53. The molecule has 0 aliphatic heterocycles. The molecule has 0 heterocycles. The fourth-order valence-electron chi connectivity index (χ4n) is 1.09. The molecule has 15 heavy (non-hydrogen) atoms. The quantitative estimate of drug-likeness (QED) is 0.467. The number of rotatable bonds is 8. The van der Waals surface area contributed by atoms with Crippen molar-refractivity contribution in [2.75, 3.05) is 6.54 Å². The molecule has 0 radical (unpaired) electrons. The van der Waals surface area contributed by atoms with Crippen molar-refractivity contribution in [1.82, 2.24) is 5.32 Å². The fraction of sp³-hybridized carbons (Fsp3) is 0.429. The summed E-state index contributed by atoms with van der Waals surface area (Å²) in [6, 6.07) is 0. The van der Waals surface area contributed by atoms with Gasteiger partial charge in [-0.25, -0.2) is 0 Å². The fourth-order valence-corrected chi connectivity index (χ4v) is 1.09. The number of hydrogen-bond donors (Lipinski definition) is 1. The van der Waals surface area contributed by atoms with E-state index >= 15 is 0 Å². The van der Waals surface area contributed by atoms with E-state index in [4.69, 9.17) is 0 Å². The zero-order valence-electron chi connectivity index (χ0n) is 10.1. The summed E-state index contributed by atoms with van der Waals surface area (Å²) in [6.45, 7) is 13.0. The summed E-state index contributed by atoms with van der Waals surface area (Å²) < 4.78 is 0. The van der Waals surface area contributed by atoms with Gasteiger partial charge < -0.3 is 5.32 Å². The van der Waals surface area contributed by atoms with E-state index in [1.54, 1.807) is 0 Å². The second-order valence-corrected chi connectivity index (χ2v) is 3.53. The molecule has 0 saturated carbocycles. The summed E-state index contributed by atoms with van der Waals surface area (Å²) in [5.74, 6) is 0. The van der Waals surface area contributed by atoms with Crippen LogP contribution in [-0.4, -0.2) is 6.54 Å². The Morgan fingerprint density at radius 3 is 2.60 bits per heavy atom. The van der Waals surface area contributed by atoms with E-state index in [-0.39, 0.29) is 0 Å². The lowest BCUT2D eigenvalue weighted by atomic mass is 10.1. The van der Waals surface area contributed by atoms with Gasteiger partial charge in [-0.3, -0.25) is 0 Å². The molecule has 0 fully saturated rings. The van der Waals surface area contributed by atoms with Crippen LogP contribution in [0.2, 0.25) is 0 Å². The van der Waals surface area contributed by atoms with E-state index in [1.165, 1.54) is 5.57 Å². The Balaban J connectivity index is 3.51. The van der Waals surface area contributed by atoms with Gasteiger partial charge in [0.25, 0.3) is 0 Å². The van der Waals surface area contributed by atoms with Crippen LogP contribution in [0.3, 0.4) is 0 Å². The summed E-state index contributed by atoms with van der Waals surface area (Å²) >= 11 is 0. The Labute approximate surface area is 94.3 Å². The van der Waals surface area contributed by atoms with E-state index in [1.807, 2.05) is 25.2 Å². The maximum absolute atomic E-state index is 3.99. The van der Waals surface area contributed by atoms with Crippen LogP contribution in [0.1, 0.15) is 33.1 Å². The lowest BCUT2D eigenvalue weighted by molar-refractivity contribution is 0.710. The van der Waals surface area contributed by atoms with Gasteiger partial charge in [0.05, 0.1) is 0 Å². The van der Waals surface area contributed by atoms with Crippen LogP contribution in [0.4, 0.5) is 0 Å². The first-order chi connectivity index (χ1) is 7.20. The Hall–Kier alpha value is -1.24. The topological polar surface area (TPSA) is 12.0 Å². The van der Waals surface area contributed by atoms with Crippen molar-refractivity contribution < 1.29 is 0 Å². The third kappa shape index (κ3) is 9.07. The van der Waals surface area contributed by atoms with Crippen molar-refractivity contribution in [3.8, 4) is 0 Å². The zero-order valence-corrected chi connectivity index (χ0v) is 10.1. The average Bonchev–Trinajstić information content (AvgIpc) is 2.24. The van der Waals surface area contributed by atoms with Gasteiger partial charge >= 0.3 is 0 Å². The van der Waals surface area contributed by atoms with Gasteiger partial charge in [-0.2, -0.15) is 0 Å². The van der Waals surface area contributed by atoms with Crippen LogP contribution in [-0.2, 0) is 0 Å². The minimum absolute atomic E-state index is 0.989. The van der Waals surface area contributed by atoms with E-state index in [0.717, 1.165) is 31.5 Å². The molecule has 0 aromatic carbocycles. The third-order valence-electron chi connectivity index (χ3n) is 2.11. The van der Waals surface area contributed by atoms with Crippen LogP contribution in [0.25, 0.3) is 0 Å². The molecule has 0 aromatic rings. The van der Waals surface area contributed by atoms with Crippen LogP contribution < -0.4 is 5.32 Å². The van der Waals surface area contributed by atoms with Crippen LogP contribution in [0, 0.1) is 0 Å². The minimum Gasteiger partial charge on any atom is -0.389 e. The maximum atomic E-state index is 3.99. The normalized spacial score (nSPS) is 11.1. The SMILES string of the molecule is C=C(/C=C\C=C/C)CCCNC(=C)CC. The number of allylic oxidation sites excluding steroid dienone is 6. The Morgan fingerprint density at radius 2 is 2.00 bits per heavy atom. The number of hydrogen-bond acceptors (Lipinski definition) is 1. The monoisotopic (exact) mass is 205 g/mol. The summed E-state index contributed by atoms with van der Waals surface area (Å²) in [7, 11) is 0. The van der Waals surface area contributed by atoms with Crippen LogP contribution in [0.5, 0.6) is 0 Å². The molecule has 0 amide bonds.